The lowest BCUT2D eigenvalue weighted by Crippen LogP contribution is -2.03. The van der Waals surface area contributed by atoms with E-state index in [1.165, 1.54) is 0 Å². The van der Waals surface area contributed by atoms with Crippen LogP contribution < -0.4 is 5.30 Å². The smallest absolute Gasteiger partial charge is 0.197 e. The molecule has 1 aromatic carbocycles. The van der Waals surface area contributed by atoms with Crippen LogP contribution in [-0.2, 0) is 0 Å². The molecule has 1 fully saturated rings. The summed E-state index contributed by atoms with van der Waals surface area (Å²) in [5.41, 5.74) is 2.53. The lowest BCUT2D eigenvalue weighted by molar-refractivity contribution is 0.602. The molecule has 1 saturated carbocycles. The summed E-state index contributed by atoms with van der Waals surface area (Å²) >= 11 is 0. The molecule has 3 atom stereocenters. The van der Waals surface area contributed by atoms with Gasteiger partial charge in [-0.05, 0) is 53.2 Å². The molecule has 2 aromatic heterocycles. The van der Waals surface area contributed by atoms with Crippen molar-refractivity contribution < 1.29 is 4.39 Å². The second kappa shape index (κ2) is 5.99. The minimum Gasteiger partial charge on any atom is -0.234 e. The van der Waals surface area contributed by atoms with Gasteiger partial charge in [0.05, 0.1) is 0 Å². The summed E-state index contributed by atoms with van der Waals surface area (Å²) in [5, 5.41) is 0.906. The molecule has 1 aliphatic carbocycles. The summed E-state index contributed by atoms with van der Waals surface area (Å²) in [7, 11) is 2.57. The van der Waals surface area contributed by atoms with E-state index in [0.29, 0.717) is 17.2 Å². The van der Waals surface area contributed by atoms with Crippen molar-refractivity contribution in [1.29, 1.82) is 0 Å². The molecule has 120 valence electrons. The largest absolute Gasteiger partial charge is 0.234 e. The van der Waals surface area contributed by atoms with E-state index < -0.39 is 0 Å². The van der Waals surface area contributed by atoms with Crippen LogP contribution in [0.1, 0.15) is 34.9 Å². The van der Waals surface area contributed by atoms with E-state index in [1.807, 2.05) is 19.1 Å². The third-order valence-corrected chi connectivity index (χ3v) is 5.14. The minimum atomic E-state index is -0.0924. The molecule has 0 aliphatic heterocycles. The highest BCUT2D eigenvalue weighted by Gasteiger charge is 2.41. The van der Waals surface area contributed by atoms with Crippen LogP contribution in [0, 0.1) is 12.7 Å². The molecule has 0 amide bonds. The van der Waals surface area contributed by atoms with Crippen LogP contribution in [0.4, 0.5) is 4.39 Å². The zero-order chi connectivity index (χ0) is 16.7. The van der Waals surface area contributed by atoms with Gasteiger partial charge >= 0.3 is 0 Å². The Hall–Kier alpha value is -2.26. The SMILES string of the molecule is Cc1c(P)ccc(C2CC2c2cnc(-c3ncccn3)nc2)c1F. The predicted molar refractivity (Wildman–Crippen MR) is 93.6 cm³/mol. The van der Waals surface area contributed by atoms with Crippen LogP contribution in [0.2, 0.25) is 0 Å². The third kappa shape index (κ3) is 2.69. The van der Waals surface area contributed by atoms with Gasteiger partial charge in [-0.25, -0.2) is 24.3 Å². The van der Waals surface area contributed by atoms with Crippen molar-refractivity contribution in [2.24, 2.45) is 0 Å². The number of hydrogen-bond acceptors (Lipinski definition) is 4. The Balaban J connectivity index is 1.56. The molecule has 6 heteroatoms. The van der Waals surface area contributed by atoms with E-state index in [0.717, 1.165) is 22.9 Å². The first-order valence-electron chi connectivity index (χ1n) is 7.79. The summed E-state index contributed by atoms with van der Waals surface area (Å²) in [6.45, 7) is 1.82. The maximum atomic E-state index is 14.5. The van der Waals surface area contributed by atoms with Crippen molar-refractivity contribution in [3.63, 3.8) is 0 Å². The Bertz CT molecular complexity index is 884. The Morgan fingerprint density at radius 1 is 1.00 bits per heavy atom. The van der Waals surface area contributed by atoms with Gasteiger partial charge in [0.1, 0.15) is 5.82 Å². The van der Waals surface area contributed by atoms with Crippen molar-refractivity contribution in [2.45, 2.75) is 25.2 Å². The molecular formula is C18H16FN4P. The fourth-order valence-corrected chi connectivity index (χ4v) is 3.20. The van der Waals surface area contributed by atoms with E-state index in [2.05, 4.69) is 29.2 Å². The van der Waals surface area contributed by atoms with E-state index in [9.17, 15) is 4.39 Å². The number of hydrogen-bond donors (Lipinski definition) is 0. The highest BCUT2D eigenvalue weighted by Crippen LogP contribution is 2.55. The van der Waals surface area contributed by atoms with Crippen LogP contribution in [0.3, 0.4) is 0 Å². The molecule has 0 bridgehead atoms. The molecule has 0 saturated heterocycles. The summed E-state index contributed by atoms with van der Waals surface area (Å²) in [4.78, 5) is 17.0. The Labute approximate surface area is 141 Å². The van der Waals surface area contributed by atoms with Crippen molar-refractivity contribution in [1.82, 2.24) is 19.9 Å². The number of rotatable bonds is 3. The molecule has 4 nitrogen and oxygen atoms in total. The number of halogens is 1. The number of benzene rings is 1. The topological polar surface area (TPSA) is 51.6 Å². The predicted octanol–water partition coefficient (Wildman–Crippen LogP) is 3.15. The first-order chi connectivity index (χ1) is 11.6. The van der Waals surface area contributed by atoms with Gasteiger partial charge in [0.15, 0.2) is 11.6 Å². The summed E-state index contributed by atoms with van der Waals surface area (Å²) < 4.78 is 14.5. The molecule has 3 unspecified atom stereocenters. The molecule has 24 heavy (non-hydrogen) atoms. The molecule has 1 aliphatic rings. The van der Waals surface area contributed by atoms with E-state index >= 15 is 0 Å². The van der Waals surface area contributed by atoms with Gasteiger partial charge in [0.25, 0.3) is 0 Å². The zero-order valence-electron chi connectivity index (χ0n) is 13.1. The average Bonchev–Trinajstić information content (AvgIpc) is 3.41. The second-order valence-corrected chi connectivity index (χ2v) is 6.67. The van der Waals surface area contributed by atoms with Gasteiger partial charge < -0.3 is 0 Å². The molecule has 4 rings (SSSR count). The van der Waals surface area contributed by atoms with Crippen molar-refractivity contribution in [2.75, 3.05) is 0 Å². The van der Waals surface area contributed by atoms with Crippen molar-refractivity contribution in [3.8, 4) is 11.6 Å². The van der Waals surface area contributed by atoms with E-state index in [-0.39, 0.29) is 17.7 Å². The maximum Gasteiger partial charge on any atom is 0.197 e. The van der Waals surface area contributed by atoms with Crippen LogP contribution >= 0.6 is 9.24 Å². The Morgan fingerprint density at radius 2 is 1.67 bits per heavy atom. The summed E-state index contributed by atoms with van der Waals surface area (Å²) in [5.74, 6) is 1.40. The highest BCUT2D eigenvalue weighted by atomic mass is 31.0. The summed E-state index contributed by atoms with van der Waals surface area (Å²) in [6.07, 6.45) is 7.86. The van der Waals surface area contributed by atoms with Crippen molar-refractivity contribution in [3.05, 3.63) is 65.5 Å². The minimum absolute atomic E-state index is 0.0924. The molecule has 3 aromatic rings. The van der Waals surface area contributed by atoms with Crippen LogP contribution in [0.5, 0.6) is 0 Å². The van der Waals surface area contributed by atoms with Crippen LogP contribution in [0.25, 0.3) is 11.6 Å². The molecular weight excluding hydrogens is 322 g/mol. The van der Waals surface area contributed by atoms with Gasteiger partial charge in [-0.15, -0.1) is 9.24 Å². The van der Waals surface area contributed by atoms with Crippen LogP contribution in [0.15, 0.2) is 43.0 Å². The standard InChI is InChI=1S/C18H16FN4P/c1-10-15(24)4-3-12(16(10)19)14-7-13(14)11-8-22-18(23-9-11)17-20-5-2-6-21-17/h2-6,8-9,13-14H,7,24H2,1H3. The normalized spacial score (nSPS) is 19.3. The highest BCUT2D eigenvalue weighted by molar-refractivity contribution is 7.27. The molecule has 0 N–H and O–H groups in total. The van der Waals surface area contributed by atoms with Crippen LogP contribution in [-0.4, -0.2) is 19.9 Å². The fourth-order valence-electron chi connectivity index (χ4n) is 2.97. The molecule has 0 radical (unpaired) electrons. The average molecular weight is 338 g/mol. The van der Waals surface area contributed by atoms with Crippen molar-refractivity contribution >= 4 is 14.5 Å². The monoisotopic (exact) mass is 338 g/mol. The van der Waals surface area contributed by atoms with Gasteiger partial charge in [0.2, 0.25) is 0 Å². The lowest BCUT2D eigenvalue weighted by atomic mass is 10.0. The quantitative estimate of drug-likeness (QED) is 0.689. The second-order valence-electron chi connectivity index (χ2n) is 6.04. The van der Waals surface area contributed by atoms with Gasteiger partial charge in [0, 0.05) is 24.8 Å². The first-order valence-corrected chi connectivity index (χ1v) is 8.36. The van der Waals surface area contributed by atoms with E-state index in [4.69, 9.17) is 0 Å². The number of nitrogens with zero attached hydrogens (tertiary/aromatic N) is 4. The fraction of sp³-hybridized carbons (Fsp3) is 0.222. The van der Waals surface area contributed by atoms with E-state index in [1.54, 1.807) is 30.9 Å². The molecule has 2 heterocycles. The Morgan fingerprint density at radius 3 is 2.38 bits per heavy atom. The summed E-state index contributed by atoms with van der Waals surface area (Å²) in [6, 6.07) is 5.60. The van der Waals surface area contributed by atoms with Gasteiger partial charge in [-0.1, -0.05) is 12.1 Å². The lowest BCUT2D eigenvalue weighted by Gasteiger charge is -2.08. The number of aromatic nitrogens is 4. The molecule has 0 spiro atoms. The zero-order valence-corrected chi connectivity index (χ0v) is 14.3. The third-order valence-electron chi connectivity index (χ3n) is 4.51. The Kier molecular flexibility index (Phi) is 3.81. The van der Waals surface area contributed by atoms with Gasteiger partial charge in [-0.2, -0.15) is 0 Å². The van der Waals surface area contributed by atoms with Gasteiger partial charge in [-0.3, -0.25) is 0 Å². The maximum absolute atomic E-state index is 14.5. The first kappa shape index (κ1) is 15.3.